The van der Waals surface area contributed by atoms with E-state index < -0.39 is 11.4 Å². The molecule has 1 aromatic rings. The molecule has 104 valence electrons. The lowest BCUT2D eigenvalue weighted by atomic mass is 9.81. The molecule has 0 aromatic heterocycles. The molecule has 1 aliphatic rings. The van der Waals surface area contributed by atoms with E-state index in [1.807, 2.05) is 38.1 Å². The number of aliphatic carboxylic acids is 1. The highest BCUT2D eigenvalue weighted by molar-refractivity contribution is 5.69. The molecule has 0 atom stereocenters. The number of nitrogens with zero attached hydrogens (tertiary/aromatic N) is 1. The van der Waals surface area contributed by atoms with Crippen molar-refractivity contribution in [3.8, 4) is 5.75 Å². The number of ether oxygens (including phenoxy) is 1. The van der Waals surface area contributed by atoms with Crippen LogP contribution in [0.4, 0.5) is 0 Å². The van der Waals surface area contributed by atoms with Crippen LogP contribution in [0.5, 0.6) is 5.75 Å². The van der Waals surface area contributed by atoms with Gasteiger partial charge in [-0.3, -0.25) is 9.69 Å². The van der Waals surface area contributed by atoms with E-state index in [2.05, 4.69) is 11.9 Å². The maximum absolute atomic E-state index is 11.0. The van der Waals surface area contributed by atoms with E-state index in [1.165, 1.54) is 0 Å². The quantitative estimate of drug-likeness (QED) is 0.884. The summed E-state index contributed by atoms with van der Waals surface area (Å²) in [5.41, 5.74) is 0.532. The average molecular weight is 263 g/mol. The molecule has 4 heteroatoms. The van der Waals surface area contributed by atoms with Gasteiger partial charge >= 0.3 is 5.97 Å². The average Bonchev–Trinajstić information content (AvgIpc) is 2.25. The predicted molar refractivity (Wildman–Crippen MR) is 73.6 cm³/mol. The van der Waals surface area contributed by atoms with E-state index in [0.29, 0.717) is 0 Å². The van der Waals surface area contributed by atoms with Gasteiger partial charge in [0.15, 0.2) is 0 Å². The first kappa shape index (κ1) is 13.9. The first-order valence-electron chi connectivity index (χ1n) is 6.55. The van der Waals surface area contributed by atoms with Gasteiger partial charge in [0.05, 0.1) is 6.42 Å². The van der Waals surface area contributed by atoms with E-state index in [4.69, 9.17) is 9.84 Å². The molecule has 1 N–H and O–H groups in total. The molecule has 1 saturated heterocycles. The van der Waals surface area contributed by atoms with Gasteiger partial charge in [0.1, 0.15) is 11.9 Å². The molecule has 2 rings (SSSR count). The molecule has 0 unspecified atom stereocenters. The minimum absolute atomic E-state index is 0.0952. The third kappa shape index (κ3) is 3.26. The van der Waals surface area contributed by atoms with Gasteiger partial charge in [-0.05, 0) is 13.1 Å². The number of hydrogen-bond donors (Lipinski definition) is 1. The molecule has 4 nitrogen and oxygen atoms in total. The fourth-order valence-electron chi connectivity index (χ4n) is 2.50. The minimum atomic E-state index is -0.789. The molecule has 0 radical (unpaired) electrons. The molecule has 19 heavy (non-hydrogen) atoms. The summed E-state index contributed by atoms with van der Waals surface area (Å²) in [5.74, 6) is 0.0232. The Balaban J connectivity index is 2.17. The monoisotopic (exact) mass is 263 g/mol. The van der Waals surface area contributed by atoms with E-state index in [-0.39, 0.29) is 12.5 Å². The second-order valence-corrected chi connectivity index (χ2v) is 5.91. The third-order valence-electron chi connectivity index (χ3n) is 3.53. The number of hydrogen-bond acceptors (Lipinski definition) is 3. The van der Waals surface area contributed by atoms with Crippen molar-refractivity contribution in [2.75, 3.05) is 20.1 Å². The Morgan fingerprint density at radius 3 is 2.63 bits per heavy atom. The topological polar surface area (TPSA) is 49.8 Å². The van der Waals surface area contributed by atoms with Gasteiger partial charge in [0.25, 0.3) is 0 Å². The molecule has 0 bridgehead atoms. The second-order valence-electron chi connectivity index (χ2n) is 5.91. The first-order chi connectivity index (χ1) is 8.88. The summed E-state index contributed by atoms with van der Waals surface area (Å²) in [6.07, 6.45) is 0.310. The molecule has 0 amide bonds. The molecule has 1 fully saturated rings. The normalized spacial score (nSPS) is 17.0. The number of para-hydroxylation sites is 1. The van der Waals surface area contributed by atoms with Crippen molar-refractivity contribution in [1.29, 1.82) is 0 Å². The molecule has 1 aliphatic heterocycles. The van der Waals surface area contributed by atoms with Crippen molar-refractivity contribution in [1.82, 2.24) is 4.90 Å². The maximum Gasteiger partial charge on any atom is 0.304 e. The Kier molecular flexibility index (Phi) is 3.80. The van der Waals surface area contributed by atoms with Crippen LogP contribution in [0.15, 0.2) is 24.3 Å². The van der Waals surface area contributed by atoms with E-state index in [0.717, 1.165) is 24.4 Å². The Bertz CT molecular complexity index is 464. The largest absolute Gasteiger partial charge is 0.487 e. The lowest BCUT2D eigenvalue weighted by molar-refractivity contribution is -0.138. The zero-order valence-electron chi connectivity index (χ0n) is 11.7. The number of rotatable bonds is 5. The zero-order chi connectivity index (χ0) is 14.0. The van der Waals surface area contributed by atoms with Crippen LogP contribution >= 0.6 is 0 Å². The number of likely N-dealkylation sites (N-methyl/N-ethyl adjacent to an activating group) is 1. The van der Waals surface area contributed by atoms with E-state index in [1.54, 1.807) is 0 Å². The molecular formula is C15H21NO3. The smallest absolute Gasteiger partial charge is 0.304 e. The van der Waals surface area contributed by atoms with Crippen molar-refractivity contribution in [3.05, 3.63) is 29.8 Å². The SMILES string of the molecule is CN1CC(Oc2ccccc2C(C)(C)CC(=O)O)C1. The minimum Gasteiger partial charge on any atom is -0.487 e. The number of carboxylic acids is 1. The highest BCUT2D eigenvalue weighted by Crippen LogP contribution is 2.35. The van der Waals surface area contributed by atoms with Crippen LogP contribution in [0.2, 0.25) is 0 Å². The number of carboxylic acid groups (broad SMARTS) is 1. The zero-order valence-corrected chi connectivity index (χ0v) is 11.7. The molecule has 1 heterocycles. The van der Waals surface area contributed by atoms with Gasteiger partial charge in [-0.15, -0.1) is 0 Å². The molecule has 0 spiro atoms. The summed E-state index contributed by atoms with van der Waals surface area (Å²) in [6, 6.07) is 7.74. The number of benzene rings is 1. The van der Waals surface area contributed by atoms with Crippen molar-refractivity contribution in [3.63, 3.8) is 0 Å². The Labute approximate surface area is 114 Å². The molecular weight excluding hydrogens is 242 g/mol. The molecule has 0 saturated carbocycles. The van der Waals surface area contributed by atoms with Crippen LogP contribution in [-0.2, 0) is 10.2 Å². The van der Waals surface area contributed by atoms with Crippen LogP contribution in [0.1, 0.15) is 25.8 Å². The lowest BCUT2D eigenvalue weighted by Gasteiger charge is -2.37. The maximum atomic E-state index is 11.0. The Hall–Kier alpha value is -1.55. The fraction of sp³-hybridized carbons (Fsp3) is 0.533. The van der Waals surface area contributed by atoms with Gasteiger partial charge in [0, 0.05) is 24.1 Å². The van der Waals surface area contributed by atoms with Gasteiger partial charge in [-0.2, -0.15) is 0 Å². The van der Waals surface area contributed by atoms with Gasteiger partial charge in [-0.1, -0.05) is 32.0 Å². The highest BCUT2D eigenvalue weighted by Gasteiger charge is 2.30. The summed E-state index contributed by atoms with van der Waals surface area (Å²) in [5, 5.41) is 9.03. The lowest BCUT2D eigenvalue weighted by Crippen LogP contribution is -2.51. The number of likely N-dealkylation sites (tertiary alicyclic amines) is 1. The van der Waals surface area contributed by atoms with Crippen LogP contribution in [-0.4, -0.2) is 42.2 Å². The van der Waals surface area contributed by atoms with E-state index >= 15 is 0 Å². The van der Waals surface area contributed by atoms with Crippen molar-refractivity contribution < 1.29 is 14.6 Å². The Morgan fingerprint density at radius 2 is 2.05 bits per heavy atom. The third-order valence-corrected chi connectivity index (χ3v) is 3.53. The van der Waals surface area contributed by atoms with Gasteiger partial charge in [0.2, 0.25) is 0 Å². The van der Waals surface area contributed by atoms with Crippen LogP contribution in [0.25, 0.3) is 0 Å². The summed E-state index contributed by atoms with van der Waals surface area (Å²) < 4.78 is 5.99. The number of carbonyl (C=O) groups is 1. The van der Waals surface area contributed by atoms with Crippen molar-refractivity contribution in [2.24, 2.45) is 0 Å². The summed E-state index contributed by atoms with van der Waals surface area (Å²) >= 11 is 0. The highest BCUT2D eigenvalue weighted by atomic mass is 16.5. The van der Waals surface area contributed by atoms with Crippen LogP contribution in [0, 0.1) is 0 Å². The van der Waals surface area contributed by atoms with Crippen LogP contribution in [0.3, 0.4) is 0 Å². The molecule has 1 aromatic carbocycles. The van der Waals surface area contributed by atoms with E-state index in [9.17, 15) is 4.79 Å². The second kappa shape index (κ2) is 5.21. The summed E-state index contributed by atoms with van der Waals surface area (Å²) in [7, 11) is 2.06. The predicted octanol–water partition coefficient (Wildman–Crippen LogP) is 2.13. The summed E-state index contributed by atoms with van der Waals surface area (Å²) in [6.45, 7) is 5.73. The fourth-order valence-corrected chi connectivity index (χ4v) is 2.50. The van der Waals surface area contributed by atoms with Crippen LogP contribution < -0.4 is 4.74 Å². The Morgan fingerprint density at radius 1 is 1.42 bits per heavy atom. The molecule has 0 aliphatic carbocycles. The van der Waals surface area contributed by atoms with Gasteiger partial charge < -0.3 is 9.84 Å². The standard InChI is InChI=1S/C15H21NO3/c1-15(2,8-14(17)18)12-6-4-5-7-13(12)19-11-9-16(3)10-11/h4-7,11H,8-10H2,1-3H3,(H,17,18). The van der Waals surface area contributed by atoms with Crippen molar-refractivity contribution >= 4 is 5.97 Å². The summed E-state index contributed by atoms with van der Waals surface area (Å²) in [4.78, 5) is 13.2. The van der Waals surface area contributed by atoms with Crippen molar-refractivity contribution in [2.45, 2.75) is 31.8 Å². The first-order valence-corrected chi connectivity index (χ1v) is 6.55. The van der Waals surface area contributed by atoms with Gasteiger partial charge in [-0.25, -0.2) is 0 Å².